The number of allylic oxidation sites excluding steroid dienone is 4. The average molecular weight is 627 g/mol. The summed E-state index contributed by atoms with van der Waals surface area (Å²) in [5.41, 5.74) is 15.5. The van der Waals surface area contributed by atoms with Crippen LogP contribution in [0.3, 0.4) is 0 Å². The molecule has 0 spiro atoms. The summed E-state index contributed by atoms with van der Waals surface area (Å²) in [6.07, 6.45) is 8.48. The number of benzene rings is 5. The van der Waals surface area contributed by atoms with Gasteiger partial charge in [0.05, 0.1) is 34.0 Å². The van der Waals surface area contributed by atoms with Gasteiger partial charge in [0.1, 0.15) is 10.8 Å². The van der Waals surface area contributed by atoms with Crippen LogP contribution in [0, 0.1) is 0 Å². The van der Waals surface area contributed by atoms with E-state index in [2.05, 4.69) is 170 Å². The van der Waals surface area contributed by atoms with E-state index in [1.165, 1.54) is 0 Å². The van der Waals surface area contributed by atoms with Gasteiger partial charge in [-0.15, -0.1) is 0 Å². The van der Waals surface area contributed by atoms with Gasteiger partial charge < -0.3 is 4.42 Å². The Labute approximate surface area is 285 Å². The second kappa shape index (κ2) is 12.2. The summed E-state index contributed by atoms with van der Waals surface area (Å²) in [5.74, 6) is 0. The van der Waals surface area contributed by atoms with Crippen molar-refractivity contribution < 1.29 is 4.42 Å². The third kappa shape index (κ3) is 5.28. The Morgan fingerprint density at radius 2 is 0.653 bits per heavy atom. The summed E-state index contributed by atoms with van der Waals surface area (Å²) in [4.78, 5) is 10.7. The minimum absolute atomic E-state index is 0.748. The second-order valence-corrected chi connectivity index (χ2v) is 12.1. The van der Waals surface area contributed by atoms with Crippen LogP contribution in [0.1, 0.15) is 33.4 Å². The van der Waals surface area contributed by atoms with E-state index < -0.39 is 0 Å². The van der Waals surface area contributed by atoms with Crippen molar-refractivity contribution in [1.29, 1.82) is 0 Å². The highest BCUT2D eigenvalue weighted by atomic mass is 16.3. The zero-order valence-electron chi connectivity index (χ0n) is 26.6. The molecule has 0 saturated carbocycles. The molecular weight excluding hydrogens is 597 g/mol. The number of aliphatic imine (C=N–C) groups is 2. The predicted molar refractivity (Wildman–Crippen MR) is 200 cm³/mol. The summed E-state index contributed by atoms with van der Waals surface area (Å²) in [6.45, 7) is 0. The lowest BCUT2D eigenvalue weighted by Crippen LogP contribution is -2.15. The number of hydrogen-bond donors (Lipinski definition) is 0. The first kappa shape index (κ1) is 28.6. The van der Waals surface area contributed by atoms with Crippen molar-refractivity contribution in [2.45, 2.75) is 0 Å². The maximum absolute atomic E-state index is 6.85. The molecule has 4 heterocycles. The molecule has 0 fully saturated rings. The van der Waals surface area contributed by atoms with Crippen LogP contribution < -0.4 is 10.8 Å². The third-order valence-corrected chi connectivity index (χ3v) is 9.09. The molecule has 1 aromatic heterocycles. The van der Waals surface area contributed by atoms with Crippen molar-refractivity contribution in [3.05, 3.63) is 238 Å². The van der Waals surface area contributed by atoms with Gasteiger partial charge in [-0.05, 0) is 75.9 Å². The van der Waals surface area contributed by atoms with Crippen molar-refractivity contribution in [2.75, 3.05) is 0 Å². The van der Waals surface area contributed by atoms with E-state index in [-0.39, 0.29) is 0 Å². The highest BCUT2D eigenvalue weighted by Gasteiger charge is 2.23. The number of rotatable bonds is 4. The van der Waals surface area contributed by atoms with E-state index in [9.17, 15) is 0 Å². The fraction of sp³-hybridized carbons (Fsp3) is 0. The van der Waals surface area contributed by atoms with E-state index in [1.807, 2.05) is 12.1 Å². The monoisotopic (exact) mass is 626 g/mol. The van der Waals surface area contributed by atoms with Crippen LogP contribution in [0.15, 0.2) is 208 Å². The fourth-order valence-electron chi connectivity index (χ4n) is 6.89. The average Bonchev–Trinajstić information content (AvgIpc) is 3.94. The standard InChI is InChI=1S/C46H30N2O/c1-5-14-31(15-6-1)43-35-22-13-23-36(30-35)44(32-16-7-2-8-17-32)38-25-27-40(48-38)46(34-20-11-4-12-21-34)42-29-28-41(49-42)45(33-18-9-3-10-19-33)39-26-24-37(43)47-39/h1-30H. The molecule has 0 unspecified atom stereocenters. The highest BCUT2D eigenvalue weighted by molar-refractivity contribution is 6.31. The molecule has 6 aromatic rings. The summed E-state index contributed by atoms with van der Waals surface area (Å²) in [5, 5.41) is 0. The van der Waals surface area contributed by atoms with Gasteiger partial charge in [-0.25, -0.2) is 9.98 Å². The van der Waals surface area contributed by atoms with E-state index in [0.717, 1.165) is 89.3 Å². The summed E-state index contributed by atoms with van der Waals surface area (Å²) in [7, 11) is 0. The third-order valence-electron chi connectivity index (χ3n) is 9.09. The lowest BCUT2D eigenvalue weighted by atomic mass is 9.90. The maximum atomic E-state index is 6.85. The van der Waals surface area contributed by atoms with Gasteiger partial charge >= 0.3 is 0 Å². The molecule has 0 saturated heterocycles. The predicted octanol–water partition coefficient (Wildman–Crippen LogP) is 8.93. The zero-order chi connectivity index (χ0) is 32.6. The molecule has 8 bridgehead atoms. The Morgan fingerprint density at radius 3 is 1.04 bits per heavy atom. The molecule has 3 nitrogen and oxygen atoms in total. The molecule has 0 atom stereocenters. The molecule has 0 N–H and O–H groups in total. The van der Waals surface area contributed by atoms with E-state index >= 15 is 0 Å². The maximum Gasteiger partial charge on any atom is 0.137 e. The number of furan rings is 1. The quantitative estimate of drug-likeness (QED) is 0.193. The Kier molecular flexibility index (Phi) is 7.14. The van der Waals surface area contributed by atoms with Gasteiger partial charge in [0, 0.05) is 11.1 Å². The minimum atomic E-state index is 0.748. The van der Waals surface area contributed by atoms with Crippen molar-refractivity contribution in [1.82, 2.24) is 0 Å². The SMILES string of the molecule is C1=CC2=C(c3ccccc3)c3cccc(c3)C(c3ccccc3)=C3C=CC(=N3)C(c3ccccc3)=c3ccc(o3)=C(c3ccccc3)C1=N2. The minimum Gasteiger partial charge on any atom is -0.456 e. The molecule has 9 rings (SSSR count). The Balaban J connectivity index is 1.43. The molecule has 230 valence electrons. The molecule has 5 aromatic carbocycles. The lowest BCUT2D eigenvalue weighted by Gasteiger charge is -2.15. The molecule has 0 amide bonds. The van der Waals surface area contributed by atoms with Crippen LogP contribution in [0.2, 0.25) is 0 Å². The largest absolute Gasteiger partial charge is 0.456 e. The Bertz CT molecular complexity index is 2370. The number of nitrogens with zero attached hydrogens (tertiary/aromatic N) is 2. The van der Waals surface area contributed by atoms with Crippen LogP contribution in [0.4, 0.5) is 0 Å². The van der Waals surface area contributed by atoms with Crippen LogP contribution in [-0.4, -0.2) is 11.4 Å². The molecular formula is C46H30N2O. The molecule has 49 heavy (non-hydrogen) atoms. The van der Waals surface area contributed by atoms with Crippen molar-refractivity contribution in [3.8, 4) is 0 Å². The van der Waals surface area contributed by atoms with E-state index in [4.69, 9.17) is 14.4 Å². The van der Waals surface area contributed by atoms with Gasteiger partial charge in [-0.1, -0.05) is 140 Å². The van der Waals surface area contributed by atoms with Crippen LogP contribution >= 0.6 is 0 Å². The Hall–Kier alpha value is -6.58. The van der Waals surface area contributed by atoms with Crippen molar-refractivity contribution in [3.63, 3.8) is 0 Å². The van der Waals surface area contributed by atoms with Gasteiger partial charge in [-0.3, -0.25) is 0 Å². The molecule has 0 aliphatic carbocycles. The fourth-order valence-corrected chi connectivity index (χ4v) is 6.89. The smallest absolute Gasteiger partial charge is 0.137 e. The van der Waals surface area contributed by atoms with Crippen LogP contribution in [-0.2, 0) is 0 Å². The summed E-state index contributed by atoms with van der Waals surface area (Å²) >= 11 is 0. The van der Waals surface area contributed by atoms with Gasteiger partial charge in [0.25, 0.3) is 0 Å². The van der Waals surface area contributed by atoms with E-state index in [1.54, 1.807) is 0 Å². The van der Waals surface area contributed by atoms with E-state index in [0.29, 0.717) is 0 Å². The first-order chi connectivity index (χ1) is 24.3. The van der Waals surface area contributed by atoms with Gasteiger partial charge in [-0.2, -0.15) is 0 Å². The van der Waals surface area contributed by atoms with Crippen molar-refractivity contribution >= 4 is 33.7 Å². The summed E-state index contributed by atoms with van der Waals surface area (Å²) in [6, 6.07) is 54.7. The second-order valence-electron chi connectivity index (χ2n) is 12.1. The normalized spacial score (nSPS) is 15.2. The summed E-state index contributed by atoms with van der Waals surface area (Å²) < 4.78 is 6.85. The molecule has 0 radical (unpaired) electrons. The molecule has 3 aliphatic rings. The first-order valence-corrected chi connectivity index (χ1v) is 16.5. The number of hydrogen-bond acceptors (Lipinski definition) is 3. The highest BCUT2D eigenvalue weighted by Crippen LogP contribution is 2.37. The van der Waals surface area contributed by atoms with Gasteiger partial charge in [0.15, 0.2) is 0 Å². The Morgan fingerprint density at radius 1 is 0.306 bits per heavy atom. The van der Waals surface area contributed by atoms with Crippen molar-refractivity contribution in [2.24, 2.45) is 9.98 Å². The van der Waals surface area contributed by atoms with Crippen LogP contribution in [0.25, 0.3) is 22.3 Å². The zero-order valence-corrected chi connectivity index (χ0v) is 26.6. The molecule has 3 aliphatic heterocycles. The lowest BCUT2D eigenvalue weighted by molar-refractivity contribution is 0.500. The van der Waals surface area contributed by atoms with Gasteiger partial charge in [0.2, 0.25) is 0 Å². The first-order valence-electron chi connectivity index (χ1n) is 16.5. The molecule has 3 heteroatoms. The number of fused-ring (bicyclic) bond motifs is 6. The topological polar surface area (TPSA) is 37.9 Å². The van der Waals surface area contributed by atoms with Crippen LogP contribution in [0.5, 0.6) is 0 Å².